The first-order valence-corrected chi connectivity index (χ1v) is 11.2. The summed E-state index contributed by atoms with van der Waals surface area (Å²) in [6.07, 6.45) is 0. The van der Waals surface area contributed by atoms with Gasteiger partial charge >= 0.3 is 0 Å². The van der Waals surface area contributed by atoms with Crippen molar-refractivity contribution < 1.29 is 4.79 Å². The SMILES string of the molecule is CC(C)(C)c1ccc(C(=O)N2CCN(C(c3ccccc3)c3ccccc3)CC2)cc1. The van der Waals surface area contributed by atoms with Crippen molar-refractivity contribution in [2.75, 3.05) is 26.2 Å². The average molecular weight is 413 g/mol. The molecule has 3 aromatic rings. The highest BCUT2D eigenvalue weighted by Gasteiger charge is 2.28. The molecular weight excluding hydrogens is 380 g/mol. The molecule has 0 atom stereocenters. The van der Waals surface area contributed by atoms with E-state index in [1.54, 1.807) is 0 Å². The molecule has 3 aromatic carbocycles. The molecule has 1 amide bonds. The molecule has 160 valence electrons. The second-order valence-corrected chi connectivity index (χ2v) is 9.38. The molecule has 1 heterocycles. The van der Waals surface area contributed by atoms with E-state index < -0.39 is 0 Å². The second-order valence-electron chi connectivity index (χ2n) is 9.38. The van der Waals surface area contributed by atoms with Gasteiger partial charge in [-0.05, 0) is 34.2 Å². The van der Waals surface area contributed by atoms with E-state index in [2.05, 4.69) is 98.5 Å². The van der Waals surface area contributed by atoms with Gasteiger partial charge in [0.1, 0.15) is 0 Å². The lowest BCUT2D eigenvalue weighted by atomic mass is 9.86. The predicted molar refractivity (Wildman–Crippen MR) is 127 cm³/mol. The minimum absolute atomic E-state index is 0.0943. The summed E-state index contributed by atoms with van der Waals surface area (Å²) >= 11 is 0. The van der Waals surface area contributed by atoms with E-state index in [4.69, 9.17) is 0 Å². The average Bonchev–Trinajstić information content (AvgIpc) is 2.80. The highest BCUT2D eigenvalue weighted by Crippen LogP contribution is 2.30. The molecule has 1 saturated heterocycles. The Morgan fingerprint density at radius 1 is 0.710 bits per heavy atom. The largest absolute Gasteiger partial charge is 0.336 e. The number of carbonyl (C=O) groups is 1. The van der Waals surface area contributed by atoms with Gasteiger partial charge in [0.2, 0.25) is 0 Å². The van der Waals surface area contributed by atoms with Gasteiger partial charge in [0.05, 0.1) is 6.04 Å². The minimum atomic E-state index is 0.0943. The molecule has 4 rings (SSSR count). The summed E-state index contributed by atoms with van der Waals surface area (Å²) < 4.78 is 0. The van der Waals surface area contributed by atoms with Crippen LogP contribution in [0.4, 0.5) is 0 Å². The lowest BCUT2D eigenvalue weighted by Gasteiger charge is -2.40. The monoisotopic (exact) mass is 412 g/mol. The molecule has 0 bridgehead atoms. The van der Waals surface area contributed by atoms with Crippen molar-refractivity contribution in [3.8, 4) is 0 Å². The third-order valence-electron chi connectivity index (χ3n) is 6.20. The van der Waals surface area contributed by atoms with Crippen LogP contribution in [0.3, 0.4) is 0 Å². The maximum absolute atomic E-state index is 13.1. The Labute approximate surface area is 186 Å². The minimum Gasteiger partial charge on any atom is -0.336 e. The van der Waals surface area contributed by atoms with Crippen molar-refractivity contribution in [2.24, 2.45) is 0 Å². The van der Waals surface area contributed by atoms with Crippen molar-refractivity contribution in [1.82, 2.24) is 9.80 Å². The zero-order valence-electron chi connectivity index (χ0n) is 18.8. The van der Waals surface area contributed by atoms with Crippen LogP contribution in [0.25, 0.3) is 0 Å². The van der Waals surface area contributed by atoms with Gasteiger partial charge in [-0.2, -0.15) is 0 Å². The molecule has 0 unspecified atom stereocenters. The summed E-state index contributed by atoms with van der Waals surface area (Å²) in [5.41, 5.74) is 4.72. The van der Waals surface area contributed by atoms with Gasteiger partial charge in [-0.3, -0.25) is 9.69 Å². The summed E-state index contributed by atoms with van der Waals surface area (Å²) in [6.45, 7) is 9.80. The normalized spacial score (nSPS) is 15.3. The van der Waals surface area contributed by atoms with Gasteiger partial charge in [-0.25, -0.2) is 0 Å². The predicted octanol–water partition coefficient (Wildman–Crippen LogP) is 5.53. The highest BCUT2D eigenvalue weighted by atomic mass is 16.2. The molecule has 0 N–H and O–H groups in total. The van der Waals surface area contributed by atoms with Gasteiger partial charge in [-0.15, -0.1) is 0 Å². The van der Waals surface area contributed by atoms with Crippen molar-refractivity contribution in [3.63, 3.8) is 0 Å². The van der Waals surface area contributed by atoms with E-state index in [-0.39, 0.29) is 17.4 Å². The molecule has 1 fully saturated rings. The number of amides is 1. The Bertz CT molecular complexity index is 943. The fraction of sp³-hybridized carbons (Fsp3) is 0.321. The Hall–Kier alpha value is -2.91. The topological polar surface area (TPSA) is 23.6 Å². The van der Waals surface area contributed by atoms with Gasteiger partial charge < -0.3 is 4.90 Å². The first-order chi connectivity index (χ1) is 14.9. The lowest BCUT2D eigenvalue weighted by Crippen LogP contribution is -2.49. The van der Waals surface area contributed by atoms with Crippen molar-refractivity contribution in [1.29, 1.82) is 0 Å². The summed E-state index contributed by atoms with van der Waals surface area (Å²) in [5, 5.41) is 0. The van der Waals surface area contributed by atoms with E-state index in [1.807, 2.05) is 17.0 Å². The third-order valence-corrected chi connectivity index (χ3v) is 6.20. The summed E-state index contributed by atoms with van der Waals surface area (Å²) in [4.78, 5) is 17.6. The van der Waals surface area contributed by atoms with Crippen LogP contribution < -0.4 is 0 Å². The zero-order chi connectivity index (χ0) is 21.8. The summed E-state index contributed by atoms with van der Waals surface area (Å²) in [6, 6.07) is 29.7. The standard InChI is InChI=1S/C28H32N2O/c1-28(2,3)25-16-14-24(15-17-25)27(31)30-20-18-29(19-21-30)26(22-10-6-4-7-11-22)23-12-8-5-9-13-23/h4-17,26H,18-21H2,1-3H3. The number of hydrogen-bond donors (Lipinski definition) is 0. The Kier molecular flexibility index (Phi) is 6.24. The van der Waals surface area contributed by atoms with Crippen LogP contribution in [-0.4, -0.2) is 41.9 Å². The second kappa shape index (κ2) is 9.07. The van der Waals surface area contributed by atoms with E-state index in [0.29, 0.717) is 0 Å². The van der Waals surface area contributed by atoms with Crippen LogP contribution in [0.5, 0.6) is 0 Å². The van der Waals surface area contributed by atoms with Gasteiger partial charge in [0.15, 0.2) is 0 Å². The van der Waals surface area contributed by atoms with Crippen LogP contribution >= 0.6 is 0 Å². The summed E-state index contributed by atoms with van der Waals surface area (Å²) in [5.74, 6) is 0.135. The number of nitrogens with zero attached hydrogens (tertiary/aromatic N) is 2. The van der Waals surface area contributed by atoms with Gasteiger partial charge in [0.25, 0.3) is 5.91 Å². The maximum Gasteiger partial charge on any atom is 0.253 e. The number of piperazine rings is 1. The molecule has 0 aromatic heterocycles. The van der Waals surface area contributed by atoms with Crippen molar-refractivity contribution in [3.05, 3.63) is 107 Å². The maximum atomic E-state index is 13.1. The summed E-state index contributed by atoms with van der Waals surface area (Å²) in [7, 11) is 0. The fourth-order valence-corrected chi connectivity index (χ4v) is 4.36. The first-order valence-electron chi connectivity index (χ1n) is 11.2. The molecular formula is C28H32N2O. The first kappa shape index (κ1) is 21.3. The Morgan fingerprint density at radius 2 is 1.19 bits per heavy atom. The molecule has 31 heavy (non-hydrogen) atoms. The molecule has 3 nitrogen and oxygen atoms in total. The molecule has 1 aliphatic heterocycles. The van der Waals surface area contributed by atoms with Crippen LogP contribution in [0.2, 0.25) is 0 Å². The fourth-order valence-electron chi connectivity index (χ4n) is 4.36. The van der Waals surface area contributed by atoms with Crippen LogP contribution in [0, 0.1) is 0 Å². The molecule has 0 radical (unpaired) electrons. The molecule has 0 aliphatic carbocycles. The Balaban J connectivity index is 1.47. The van der Waals surface area contributed by atoms with Crippen molar-refractivity contribution >= 4 is 5.91 Å². The number of carbonyl (C=O) groups excluding carboxylic acids is 1. The third kappa shape index (κ3) is 4.88. The quantitative estimate of drug-likeness (QED) is 0.562. The van der Waals surface area contributed by atoms with Crippen LogP contribution in [0.15, 0.2) is 84.9 Å². The lowest BCUT2D eigenvalue weighted by molar-refractivity contribution is 0.0597. The van der Waals surface area contributed by atoms with E-state index in [9.17, 15) is 4.79 Å². The van der Waals surface area contributed by atoms with E-state index >= 15 is 0 Å². The number of benzene rings is 3. The van der Waals surface area contributed by atoms with E-state index in [0.717, 1.165) is 31.7 Å². The number of hydrogen-bond acceptors (Lipinski definition) is 2. The van der Waals surface area contributed by atoms with Crippen LogP contribution in [-0.2, 0) is 5.41 Å². The molecule has 1 aliphatic rings. The van der Waals surface area contributed by atoms with Gasteiger partial charge in [0, 0.05) is 31.7 Å². The van der Waals surface area contributed by atoms with Gasteiger partial charge in [-0.1, -0.05) is 93.6 Å². The smallest absolute Gasteiger partial charge is 0.253 e. The molecule has 0 saturated carbocycles. The molecule has 0 spiro atoms. The zero-order valence-corrected chi connectivity index (χ0v) is 18.8. The Morgan fingerprint density at radius 3 is 1.65 bits per heavy atom. The molecule has 3 heteroatoms. The van der Waals surface area contributed by atoms with E-state index in [1.165, 1.54) is 16.7 Å². The number of rotatable bonds is 4. The van der Waals surface area contributed by atoms with Crippen molar-refractivity contribution in [2.45, 2.75) is 32.2 Å². The van der Waals surface area contributed by atoms with Crippen LogP contribution in [0.1, 0.15) is 53.9 Å². The highest BCUT2D eigenvalue weighted by molar-refractivity contribution is 5.94.